The van der Waals surface area contributed by atoms with E-state index in [1.54, 1.807) is 0 Å². The van der Waals surface area contributed by atoms with Crippen LogP contribution >= 0.6 is 24.0 Å². The molecular weight excluding hydrogens is 383 g/mol. The van der Waals surface area contributed by atoms with Gasteiger partial charge in [-0.05, 0) is 33.6 Å². The fourth-order valence-corrected chi connectivity index (χ4v) is 2.15. The highest BCUT2D eigenvalue weighted by atomic mass is 127. The van der Waals surface area contributed by atoms with Gasteiger partial charge in [0.05, 0.1) is 6.54 Å². The lowest BCUT2D eigenvalue weighted by Crippen LogP contribution is -2.41. The van der Waals surface area contributed by atoms with Crippen LogP contribution in [0.15, 0.2) is 4.99 Å². The van der Waals surface area contributed by atoms with Crippen molar-refractivity contribution in [2.24, 2.45) is 10.7 Å². The summed E-state index contributed by atoms with van der Waals surface area (Å²) in [6, 6.07) is 0.450. The molecule has 1 amide bonds. The number of aliphatic imine (C=N–C) groups is 1. The number of nitrogens with one attached hydrogen (secondary N) is 2. The van der Waals surface area contributed by atoms with Crippen LogP contribution in [0.2, 0.25) is 0 Å². The Morgan fingerprint density at radius 2 is 1.90 bits per heavy atom. The third-order valence-electron chi connectivity index (χ3n) is 3.02. The van der Waals surface area contributed by atoms with E-state index in [9.17, 15) is 4.79 Å². The molecule has 21 heavy (non-hydrogen) atoms. The second-order valence-electron chi connectivity index (χ2n) is 6.17. The number of nitrogens with two attached hydrogens (primary N) is 1. The van der Waals surface area contributed by atoms with E-state index in [0.717, 1.165) is 12.8 Å². The number of alkyl carbamates (subject to hydrolysis) is 1. The summed E-state index contributed by atoms with van der Waals surface area (Å²) in [5.74, 6) is 0.461. The molecule has 1 rings (SSSR count). The minimum Gasteiger partial charge on any atom is -0.444 e. The summed E-state index contributed by atoms with van der Waals surface area (Å²) < 4.78 is 5.12. The van der Waals surface area contributed by atoms with Crippen molar-refractivity contribution in [3.05, 3.63) is 0 Å². The molecule has 124 valence electrons. The summed E-state index contributed by atoms with van der Waals surface area (Å²) in [5.41, 5.74) is 5.34. The van der Waals surface area contributed by atoms with Gasteiger partial charge in [0.15, 0.2) is 5.96 Å². The Kier molecular flexibility index (Phi) is 9.72. The van der Waals surface area contributed by atoms with Crippen molar-refractivity contribution in [3.8, 4) is 0 Å². The van der Waals surface area contributed by atoms with Gasteiger partial charge in [-0.25, -0.2) is 4.79 Å². The lowest BCUT2D eigenvalue weighted by Gasteiger charge is -2.23. The fraction of sp³-hybridized carbons (Fsp3) is 0.857. The second-order valence-corrected chi connectivity index (χ2v) is 6.17. The van der Waals surface area contributed by atoms with Gasteiger partial charge in [0.1, 0.15) is 5.60 Å². The van der Waals surface area contributed by atoms with Gasteiger partial charge in [-0.2, -0.15) is 0 Å². The Morgan fingerprint density at radius 1 is 1.29 bits per heavy atom. The molecule has 0 spiro atoms. The Balaban J connectivity index is 0.00000400. The molecule has 1 aliphatic carbocycles. The van der Waals surface area contributed by atoms with Gasteiger partial charge in [0.2, 0.25) is 0 Å². The van der Waals surface area contributed by atoms with Crippen molar-refractivity contribution >= 4 is 36.0 Å². The Morgan fingerprint density at radius 3 is 2.48 bits per heavy atom. The highest BCUT2D eigenvalue weighted by molar-refractivity contribution is 14.0. The van der Waals surface area contributed by atoms with Gasteiger partial charge in [-0.15, -0.1) is 24.0 Å². The molecular formula is C14H29IN4O2. The summed E-state index contributed by atoms with van der Waals surface area (Å²) in [4.78, 5) is 15.6. The molecule has 6 nitrogen and oxygen atoms in total. The van der Waals surface area contributed by atoms with Gasteiger partial charge in [0, 0.05) is 12.6 Å². The van der Waals surface area contributed by atoms with E-state index in [4.69, 9.17) is 10.5 Å². The SMILES string of the molecule is CC(C)(C)OC(=O)NCCN=C(N)NC1CCCCC1.I. The van der Waals surface area contributed by atoms with Gasteiger partial charge >= 0.3 is 6.09 Å². The average molecular weight is 412 g/mol. The molecule has 0 radical (unpaired) electrons. The van der Waals surface area contributed by atoms with Crippen molar-refractivity contribution < 1.29 is 9.53 Å². The number of carbonyl (C=O) groups is 1. The number of nitrogens with zero attached hydrogens (tertiary/aromatic N) is 1. The van der Waals surface area contributed by atoms with Crippen LogP contribution in [-0.2, 0) is 4.74 Å². The maximum absolute atomic E-state index is 11.4. The molecule has 0 aromatic heterocycles. The van der Waals surface area contributed by atoms with Gasteiger partial charge in [-0.3, -0.25) is 4.99 Å². The van der Waals surface area contributed by atoms with Crippen molar-refractivity contribution in [2.75, 3.05) is 13.1 Å². The average Bonchev–Trinajstić information content (AvgIpc) is 2.34. The first-order chi connectivity index (χ1) is 9.37. The zero-order chi connectivity index (χ0) is 15.0. The highest BCUT2D eigenvalue weighted by Gasteiger charge is 2.15. The molecule has 0 atom stereocenters. The maximum atomic E-state index is 11.4. The molecule has 0 saturated heterocycles. The van der Waals surface area contributed by atoms with Crippen molar-refractivity contribution in [1.82, 2.24) is 10.6 Å². The standard InChI is InChI=1S/C14H28N4O2.HI/c1-14(2,3)20-13(19)17-10-9-16-12(15)18-11-7-5-4-6-8-11;/h11H,4-10H2,1-3H3,(H,17,19)(H3,15,16,18);1H. The van der Waals surface area contributed by atoms with E-state index >= 15 is 0 Å². The van der Waals surface area contributed by atoms with Crippen molar-refractivity contribution in [1.29, 1.82) is 0 Å². The summed E-state index contributed by atoms with van der Waals surface area (Å²) >= 11 is 0. The minimum absolute atomic E-state index is 0. The normalized spacial score (nSPS) is 16.8. The van der Waals surface area contributed by atoms with E-state index in [-0.39, 0.29) is 24.0 Å². The maximum Gasteiger partial charge on any atom is 0.407 e. The summed E-state index contributed by atoms with van der Waals surface area (Å²) in [6.45, 7) is 6.36. The zero-order valence-corrected chi connectivity index (χ0v) is 15.6. The number of rotatable bonds is 4. The van der Waals surface area contributed by atoms with E-state index in [1.165, 1.54) is 19.3 Å². The molecule has 0 heterocycles. The largest absolute Gasteiger partial charge is 0.444 e. The minimum atomic E-state index is -0.477. The highest BCUT2D eigenvalue weighted by Crippen LogP contribution is 2.16. The van der Waals surface area contributed by atoms with Crippen molar-refractivity contribution in [3.63, 3.8) is 0 Å². The van der Waals surface area contributed by atoms with Gasteiger partial charge in [-0.1, -0.05) is 19.3 Å². The summed E-state index contributed by atoms with van der Waals surface area (Å²) in [5, 5.41) is 5.88. The fourth-order valence-electron chi connectivity index (χ4n) is 2.15. The van der Waals surface area contributed by atoms with E-state index in [2.05, 4.69) is 15.6 Å². The number of halogens is 1. The summed E-state index contributed by atoms with van der Waals surface area (Å²) in [7, 11) is 0. The van der Waals surface area contributed by atoms with Crippen LogP contribution in [0.25, 0.3) is 0 Å². The monoisotopic (exact) mass is 412 g/mol. The number of ether oxygens (including phenoxy) is 1. The third-order valence-corrected chi connectivity index (χ3v) is 3.02. The number of hydrogen-bond acceptors (Lipinski definition) is 3. The van der Waals surface area contributed by atoms with Gasteiger partial charge < -0.3 is 21.1 Å². The van der Waals surface area contributed by atoms with Crippen LogP contribution in [0.1, 0.15) is 52.9 Å². The smallest absolute Gasteiger partial charge is 0.407 e. The van der Waals surface area contributed by atoms with Crippen LogP contribution in [0.5, 0.6) is 0 Å². The van der Waals surface area contributed by atoms with Crippen LogP contribution in [-0.4, -0.2) is 36.8 Å². The molecule has 0 aliphatic heterocycles. The molecule has 1 fully saturated rings. The Hall–Kier alpha value is -0.730. The predicted molar refractivity (Wildman–Crippen MR) is 96.1 cm³/mol. The Labute approximate surface area is 144 Å². The molecule has 0 aromatic carbocycles. The quantitative estimate of drug-likeness (QED) is 0.286. The van der Waals surface area contributed by atoms with Gasteiger partial charge in [0.25, 0.3) is 0 Å². The topological polar surface area (TPSA) is 88.7 Å². The lowest BCUT2D eigenvalue weighted by atomic mass is 9.96. The molecule has 7 heteroatoms. The predicted octanol–water partition coefficient (Wildman–Crippen LogP) is 2.37. The molecule has 4 N–H and O–H groups in total. The molecule has 0 bridgehead atoms. The van der Waals surface area contributed by atoms with Crippen LogP contribution < -0.4 is 16.4 Å². The van der Waals surface area contributed by atoms with Crippen LogP contribution in [0, 0.1) is 0 Å². The first-order valence-corrected chi connectivity index (χ1v) is 7.40. The number of carbonyl (C=O) groups excluding carboxylic acids is 1. The van der Waals surface area contributed by atoms with Crippen LogP contribution in [0.3, 0.4) is 0 Å². The van der Waals surface area contributed by atoms with E-state index < -0.39 is 11.7 Å². The second kappa shape index (κ2) is 10.1. The van der Waals surface area contributed by atoms with Crippen LogP contribution in [0.4, 0.5) is 4.79 Å². The number of hydrogen-bond donors (Lipinski definition) is 3. The molecule has 1 saturated carbocycles. The zero-order valence-electron chi connectivity index (χ0n) is 13.3. The number of amides is 1. The van der Waals surface area contributed by atoms with Crippen molar-refractivity contribution in [2.45, 2.75) is 64.5 Å². The molecule has 0 aromatic rings. The lowest BCUT2D eigenvalue weighted by molar-refractivity contribution is 0.0529. The third kappa shape index (κ3) is 10.6. The molecule has 0 unspecified atom stereocenters. The Bertz CT molecular complexity index is 336. The summed E-state index contributed by atoms with van der Waals surface area (Å²) in [6.07, 6.45) is 5.72. The first-order valence-electron chi connectivity index (χ1n) is 7.40. The first kappa shape index (κ1) is 20.3. The molecule has 1 aliphatic rings. The van der Waals surface area contributed by atoms with E-state index in [0.29, 0.717) is 25.1 Å². The number of guanidine groups is 1. The van der Waals surface area contributed by atoms with E-state index in [1.807, 2.05) is 20.8 Å².